The molecule has 0 spiro atoms. The zero-order valence-electron chi connectivity index (χ0n) is 20.7. The molecule has 1 heterocycles. The normalized spacial score (nSPS) is 30.2. The topological polar surface area (TPSA) is 129 Å². The SMILES string of the molecule is CC(C)COc1c(C(=O)NC23CC4CC(CC(O)(C4)C2)C3)cnn1/C=C/C(C)(C)COC(N)=O. The van der Waals surface area contributed by atoms with E-state index < -0.39 is 17.1 Å². The first-order chi connectivity index (χ1) is 15.9. The zero-order valence-corrected chi connectivity index (χ0v) is 20.7. The minimum absolute atomic E-state index is 0.114. The Kier molecular flexibility index (Phi) is 6.44. The second-order valence-electron chi connectivity index (χ2n) is 11.8. The van der Waals surface area contributed by atoms with E-state index in [4.69, 9.17) is 15.2 Å². The van der Waals surface area contributed by atoms with Crippen LogP contribution in [0.15, 0.2) is 12.3 Å². The third-order valence-electron chi connectivity index (χ3n) is 7.21. The third-order valence-corrected chi connectivity index (χ3v) is 7.21. The highest BCUT2D eigenvalue weighted by Gasteiger charge is 2.57. The van der Waals surface area contributed by atoms with E-state index >= 15 is 0 Å². The van der Waals surface area contributed by atoms with Crippen LogP contribution in [-0.2, 0) is 4.74 Å². The molecule has 1 aromatic heterocycles. The molecule has 0 saturated heterocycles. The molecule has 4 aliphatic carbocycles. The van der Waals surface area contributed by atoms with E-state index in [0.717, 1.165) is 32.1 Å². The summed E-state index contributed by atoms with van der Waals surface area (Å²) >= 11 is 0. The third kappa shape index (κ3) is 5.40. The summed E-state index contributed by atoms with van der Waals surface area (Å²) in [6, 6.07) is 0. The van der Waals surface area contributed by atoms with Crippen molar-refractivity contribution in [2.24, 2.45) is 28.9 Å². The lowest BCUT2D eigenvalue weighted by Crippen LogP contribution is -2.65. The molecule has 0 radical (unpaired) electrons. The molecular weight excluding hydrogens is 436 g/mol. The molecule has 4 fully saturated rings. The number of aromatic nitrogens is 2. The molecule has 2 amide bonds. The van der Waals surface area contributed by atoms with Gasteiger partial charge < -0.3 is 25.6 Å². The van der Waals surface area contributed by atoms with Crippen LogP contribution in [0, 0.1) is 23.2 Å². The van der Waals surface area contributed by atoms with Gasteiger partial charge in [-0.25, -0.2) is 9.48 Å². The van der Waals surface area contributed by atoms with Gasteiger partial charge in [-0.05, 0) is 56.3 Å². The van der Waals surface area contributed by atoms with Crippen molar-refractivity contribution in [2.45, 2.75) is 77.4 Å². The molecule has 4 bridgehead atoms. The minimum atomic E-state index is -0.824. The van der Waals surface area contributed by atoms with Crippen LogP contribution >= 0.6 is 0 Å². The van der Waals surface area contributed by atoms with Crippen LogP contribution in [0.25, 0.3) is 6.20 Å². The lowest BCUT2D eigenvalue weighted by Gasteiger charge is -2.60. The van der Waals surface area contributed by atoms with E-state index in [1.807, 2.05) is 33.8 Å². The predicted octanol–water partition coefficient (Wildman–Crippen LogP) is 3.32. The minimum Gasteiger partial charge on any atom is -0.477 e. The van der Waals surface area contributed by atoms with Gasteiger partial charge in [0, 0.05) is 17.2 Å². The van der Waals surface area contributed by atoms with Crippen LogP contribution < -0.4 is 15.8 Å². The van der Waals surface area contributed by atoms with E-state index in [0.29, 0.717) is 36.3 Å². The average molecular weight is 475 g/mol. The summed E-state index contributed by atoms with van der Waals surface area (Å²) < 4.78 is 12.5. The molecule has 4 aliphatic rings. The van der Waals surface area contributed by atoms with Gasteiger partial charge in [-0.3, -0.25) is 4.79 Å². The van der Waals surface area contributed by atoms with Crippen molar-refractivity contribution in [2.75, 3.05) is 13.2 Å². The largest absolute Gasteiger partial charge is 0.477 e. The number of ether oxygens (including phenoxy) is 2. The van der Waals surface area contributed by atoms with Crippen LogP contribution in [0.3, 0.4) is 0 Å². The standard InChI is InChI=1S/C25H38N4O5/c1-16(2)13-33-21-19(12-27-29(21)6-5-23(3,4)15-34-22(26)31)20(30)28-24-8-17-7-18(9-24)11-25(32,10-17)14-24/h5-6,12,16-18,32H,7-11,13-15H2,1-4H3,(H2,26,31)(H,28,30)/b6-5+. The van der Waals surface area contributed by atoms with Gasteiger partial charge in [0.2, 0.25) is 5.88 Å². The lowest BCUT2D eigenvalue weighted by molar-refractivity contribution is -0.139. The van der Waals surface area contributed by atoms with Crippen molar-refractivity contribution < 1.29 is 24.2 Å². The van der Waals surface area contributed by atoms with Crippen LogP contribution in [0.5, 0.6) is 5.88 Å². The van der Waals surface area contributed by atoms with Crippen molar-refractivity contribution in [1.82, 2.24) is 15.1 Å². The van der Waals surface area contributed by atoms with Gasteiger partial charge in [0.05, 0.1) is 18.4 Å². The van der Waals surface area contributed by atoms with E-state index in [9.17, 15) is 14.7 Å². The smallest absolute Gasteiger partial charge is 0.404 e. The fourth-order valence-corrected chi connectivity index (χ4v) is 6.25. The number of nitrogens with two attached hydrogens (primary N) is 1. The lowest BCUT2D eigenvalue weighted by atomic mass is 9.51. The Morgan fingerprint density at radius 3 is 2.59 bits per heavy atom. The van der Waals surface area contributed by atoms with Crippen LogP contribution in [-0.4, -0.2) is 51.2 Å². The zero-order chi connectivity index (χ0) is 24.7. The van der Waals surface area contributed by atoms with Gasteiger partial charge in [0.15, 0.2) is 0 Å². The second kappa shape index (κ2) is 8.91. The second-order valence-corrected chi connectivity index (χ2v) is 11.8. The van der Waals surface area contributed by atoms with E-state index in [-0.39, 0.29) is 24.0 Å². The summed E-state index contributed by atoms with van der Waals surface area (Å²) in [7, 11) is 0. The van der Waals surface area contributed by atoms with Gasteiger partial charge in [-0.1, -0.05) is 33.8 Å². The Hall–Kier alpha value is -2.55. The molecule has 188 valence electrons. The number of nitrogens with zero attached hydrogens (tertiary/aromatic N) is 2. The molecule has 4 N–H and O–H groups in total. The molecule has 2 atom stereocenters. The Bertz CT molecular complexity index is 953. The first-order valence-corrected chi connectivity index (χ1v) is 12.2. The fraction of sp³-hybridized carbons (Fsp3) is 0.720. The quantitative estimate of drug-likeness (QED) is 0.504. The van der Waals surface area contributed by atoms with Crippen LogP contribution in [0.1, 0.15) is 76.6 Å². The van der Waals surface area contributed by atoms with E-state index in [2.05, 4.69) is 10.4 Å². The predicted molar refractivity (Wildman–Crippen MR) is 127 cm³/mol. The maximum atomic E-state index is 13.5. The van der Waals surface area contributed by atoms with Gasteiger partial charge in [0.1, 0.15) is 12.2 Å². The number of nitrogens with one attached hydrogen (secondary N) is 1. The fourth-order valence-electron chi connectivity index (χ4n) is 6.25. The Morgan fingerprint density at radius 1 is 1.32 bits per heavy atom. The van der Waals surface area contributed by atoms with Gasteiger partial charge in [-0.2, -0.15) is 5.10 Å². The summed E-state index contributed by atoms with van der Waals surface area (Å²) in [5, 5.41) is 18.7. The maximum absolute atomic E-state index is 13.5. The van der Waals surface area contributed by atoms with E-state index in [1.165, 1.54) is 10.9 Å². The monoisotopic (exact) mass is 474 g/mol. The van der Waals surface area contributed by atoms with Crippen LogP contribution in [0.2, 0.25) is 0 Å². The summed E-state index contributed by atoms with van der Waals surface area (Å²) in [6.45, 7) is 8.42. The summed E-state index contributed by atoms with van der Waals surface area (Å²) in [6.07, 6.45) is 9.55. The highest BCUT2D eigenvalue weighted by Crippen LogP contribution is 2.57. The molecule has 2 unspecified atom stereocenters. The number of amides is 2. The molecule has 5 rings (SSSR count). The number of aliphatic hydroxyl groups is 1. The Balaban J connectivity index is 1.54. The molecule has 9 nitrogen and oxygen atoms in total. The average Bonchev–Trinajstić information content (AvgIpc) is 3.10. The number of carbonyl (C=O) groups excluding carboxylic acids is 2. The number of primary amides is 1. The van der Waals surface area contributed by atoms with Crippen molar-refractivity contribution in [3.63, 3.8) is 0 Å². The molecule has 4 saturated carbocycles. The van der Waals surface area contributed by atoms with Crippen molar-refractivity contribution in [1.29, 1.82) is 0 Å². The Morgan fingerprint density at radius 2 is 2.00 bits per heavy atom. The first-order valence-electron chi connectivity index (χ1n) is 12.2. The number of hydrogen-bond acceptors (Lipinski definition) is 6. The summed E-state index contributed by atoms with van der Waals surface area (Å²) in [5.74, 6) is 1.36. The van der Waals surface area contributed by atoms with E-state index in [1.54, 1.807) is 6.20 Å². The van der Waals surface area contributed by atoms with Gasteiger partial charge >= 0.3 is 6.09 Å². The molecule has 1 aromatic rings. The van der Waals surface area contributed by atoms with Gasteiger partial charge in [0.25, 0.3) is 5.91 Å². The number of carbonyl (C=O) groups is 2. The number of rotatable bonds is 9. The van der Waals surface area contributed by atoms with Crippen molar-refractivity contribution >= 4 is 18.2 Å². The molecule has 0 aromatic carbocycles. The highest BCUT2D eigenvalue weighted by atomic mass is 16.5. The molecule has 34 heavy (non-hydrogen) atoms. The van der Waals surface area contributed by atoms with Crippen molar-refractivity contribution in [3.8, 4) is 5.88 Å². The first kappa shape index (κ1) is 24.6. The molecular formula is C25H38N4O5. The maximum Gasteiger partial charge on any atom is 0.404 e. The number of hydrogen-bond donors (Lipinski definition) is 3. The molecule has 9 heteroatoms. The Labute approximate surface area is 201 Å². The summed E-state index contributed by atoms with van der Waals surface area (Å²) in [4.78, 5) is 24.4. The van der Waals surface area contributed by atoms with Crippen LogP contribution in [0.4, 0.5) is 4.79 Å². The highest BCUT2D eigenvalue weighted by molar-refractivity contribution is 5.97. The van der Waals surface area contributed by atoms with Crippen molar-refractivity contribution in [3.05, 3.63) is 17.8 Å². The van der Waals surface area contributed by atoms with Gasteiger partial charge in [-0.15, -0.1) is 0 Å². The molecule has 0 aliphatic heterocycles. The summed E-state index contributed by atoms with van der Waals surface area (Å²) in [5.41, 5.74) is 3.95.